The van der Waals surface area contributed by atoms with Crippen LogP contribution in [0.3, 0.4) is 0 Å². The molecule has 134 valence electrons. The first kappa shape index (κ1) is 19.0. The van der Waals surface area contributed by atoms with E-state index in [9.17, 15) is 10.2 Å². The van der Waals surface area contributed by atoms with E-state index >= 15 is 0 Å². The third-order valence-corrected chi connectivity index (χ3v) is 4.91. The maximum atomic E-state index is 9.47. The van der Waals surface area contributed by atoms with E-state index < -0.39 is 5.54 Å². The van der Waals surface area contributed by atoms with Crippen LogP contribution in [0, 0.1) is 5.92 Å². The van der Waals surface area contributed by atoms with Crippen molar-refractivity contribution >= 4 is 6.08 Å². The zero-order chi connectivity index (χ0) is 17.4. The number of benzene rings is 1. The molecule has 0 heterocycles. The molecule has 0 saturated carbocycles. The molecule has 1 unspecified atom stereocenters. The van der Waals surface area contributed by atoms with Crippen molar-refractivity contribution in [3.8, 4) is 5.75 Å². The average Bonchev–Trinajstić information content (AvgIpc) is 2.63. The lowest BCUT2D eigenvalue weighted by atomic mass is 9.77. The van der Waals surface area contributed by atoms with E-state index in [0.717, 1.165) is 30.8 Å². The highest BCUT2D eigenvalue weighted by atomic mass is 16.5. The summed E-state index contributed by atoms with van der Waals surface area (Å²) in [6.07, 6.45) is 10.9. The van der Waals surface area contributed by atoms with Gasteiger partial charge < -0.3 is 20.7 Å². The lowest BCUT2D eigenvalue weighted by Crippen LogP contribution is -2.54. The molecule has 0 radical (unpaired) electrons. The fourth-order valence-corrected chi connectivity index (χ4v) is 3.10. The van der Waals surface area contributed by atoms with Crippen LogP contribution in [0.5, 0.6) is 5.75 Å². The van der Waals surface area contributed by atoms with Crippen molar-refractivity contribution in [2.24, 2.45) is 11.7 Å². The first-order valence-electron chi connectivity index (χ1n) is 9.07. The predicted molar refractivity (Wildman–Crippen MR) is 98.0 cm³/mol. The summed E-state index contributed by atoms with van der Waals surface area (Å²) in [5.41, 5.74) is 7.44. The number of hydrogen-bond donors (Lipinski definition) is 3. The summed E-state index contributed by atoms with van der Waals surface area (Å²) in [5.74, 6) is 0.834. The predicted octanol–water partition coefficient (Wildman–Crippen LogP) is 2.90. The molecule has 1 aromatic rings. The lowest BCUT2D eigenvalue weighted by molar-refractivity contribution is 0.0904. The van der Waals surface area contributed by atoms with Gasteiger partial charge in [-0.3, -0.25) is 0 Å². The number of ether oxygens (including phenoxy) is 1. The molecular weight excluding hydrogens is 302 g/mol. The average molecular weight is 333 g/mol. The third kappa shape index (κ3) is 4.82. The Morgan fingerprint density at radius 1 is 1.17 bits per heavy atom. The fraction of sp³-hybridized carbons (Fsp3) is 0.600. The molecule has 4 N–H and O–H groups in total. The van der Waals surface area contributed by atoms with E-state index in [4.69, 9.17) is 10.5 Å². The van der Waals surface area contributed by atoms with E-state index in [0.29, 0.717) is 0 Å². The van der Waals surface area contributed by atoms with Crippen LogP contribution in [0.15, 0.2) is 24.3 Å². The number of aliphatic hydroxyl groups is 2. The number of aliphatic hydroxyl groups excluding tert-OH is 2. The molecule has 0 amide bonds. The Balaban J connectivity index is 1.90. The Hall–Kier alpha value is -1.36. The van der Waals surface area contributed by atoms with E-state index in [1.54, 1.807) is 0 Å². The third-order valence-electron chi connectivity index (χ3n) is 4.91. The van der Waals surface area contributed by atoms with Crippen molar-refractivity contribution in [3.63, 3.8) is 0 Å². The van der Waals surface area contributed by atoms with Crippen LogP contribution in [0.1, 0.15) is 50.2 Å². The number of rotatable bonds is 10. The normalized spacial score (nSPS) is 16.9. The van der Waals surface area contributed by atoms with Crippen molar-refractivity contribution in [1.82, 2.24) is 0 Å². The minimum atomic E-state index is -0.970. The summed E-state index contributed by atoms with van der Waals surface area (Å²) in [6, 6.07) is 6.12. The molecule has 1 aliphatic carbocycles. The first-order valence-corrected chi connectivity index (χ1v) is 9.07. The SMILES string of the molecule is CCCCCCCOc1ccc2c(c1)C=CC(C(N)(CO)CO)C2. The molecule has 24 heavy (non-hydrogen) atoms. The largest absolute Gasteiger partial charge is 0.494 e. The van der Waals surface area contributed by atoms with E-state index in [-0.39, 0.29) is 19.1 Å². The molecule has 0 fully saturated rings. The summed E-state index contributed by atoms with van der Waals surface area (Å²) in [5, 5.41) is 18.9. The molecule has 1 aromatic carbocycles. The van der Waals surface area contributed by atoms with Crippen LogP contribution >= 0.6 is 0 Å². The fourth-order valence-electron chi connectivity index (χ4n) is 3.10. The smallest absolute Gasteiger partial charge is 0.119 e. The zero-order valence-corrected chi connectivity index (χ0v) is 14.7. The summed E-state index contributed by atoms with van der Waals surface area (Å²) < 4.78 is 5.85. The first-order chi connectivity index (χ1) is 11.6. The molecule has 0 spiro atoms. The molecule has 0 aromatic heterocycles. The van der Waals surface area contributed by atoms with Gasteiger partial charge in [-0.25, -0.2) is 0 Å². The van der Waals surface area contributed by atoms with Gasteiger partial charge in [-0.05, 0) is 36.1 Å². The van der Waals surface area contributed by atoms with Gasteiger partial charge in [-0.2, -0.15) is 0 Å². The van der Waals surface area contributed by atoms with Gasteiger partial charge in [-0.1, -0.05) is 50.8 Å². The Bertz CT molecular complexity index is 538. The van der Waals surface area contributed by atoms with Crippen LogP contribution in [-0.4, -0.2) is 35.6 Å². The van der Waals surface area contributed by atoms with Crippen LogP contribution in [0.25, 0.3) is 6.08 Å². The number of unbranched alkanes of at least 4 members (excludes halogenated alkanes) is 4. The van der Waals surface area contributed by atoms with Crippen molar-refractivity contribution in [2.75, 3.05) is 19.8 Å². The van der Waals surface area contributed by atoms with E-state index in [1.165, 1.54) is 31.2 Å². The molecule has 4 heteroatoms. The van der Waals surface area contributed by atoms with Gasteiger partial charge in [0.15, 0.2) is 0 Å². The highest BCUT2D eigenvalue weighted by Gasteiger charge is 2.34. The summed E-state index contributed by atoms with van der Waals surface area (Å²) in [7, 11) is 0. The van der Waals surface area contributed by atoms with Crippen molar-refractivity contribution in [2.45, 2.75) is 51.0 Å². The molecular formula is C20H31NO3. The Labute approximate surface area is 145 Å². The minimum Gasteiger partial charge on any atom is -0.494 e. The second-order valence-electron chi connectivity index (χ2n) is 6.84. The Morgan fingerprint density at radius 2 is 1.92 bits per heavy atom. The summed E-state index contributed by atoms with van der Waals surface area (Å²) >= 11 is 0. The molecule has 1 aliphatic rings. The van der Waals surface area contributed by atoms with Crippen LogP contribution < -0.4 is 10.5 Å². The zero-order valence-electron chi connectivity index (χ0n) is 14.7. The minimum absolute atomic E-state index is 0.0645. The maximum Gasteiger partial charge on any atom is 0.119 e. The van der Waals surface area contributed by atoms with Crippen molar-refractivity contribution < 1.29 is 14.9 Å². The lowest BCUT2D eigenvalue weighted by Gasteiger charge is -2.34. The van der Waals surface area contributed by atoms with Gasteiger partial charge in [0.05, 0.1) is 25.4 Å². The van der Waals surface area contributed by atoms with Gasteiger partial charge in [0, 0.05) is 5.92 Å². The highest BCUT2D eigenvalue weighted by Crippen LogP contribution is 2.31. The van der Waals surface area contributed by atoms with Gasteiger partial charge >= 0.3 is 0 Å². The maximum absolute atomic E-state index is 9.47. The molecule has 0 bridgehead atoms. The monoisotopic (exact) mass is 333 g/mol. The van der Waals surface area contributed by atoms with Gasteiger partial charge in [0.25, 0.3) is 0 Å². The second-order valence-corrected chi connectivity index (χ2v) is 6.84. The van der Waals surface area contributed by atoms with Gasteiger partial charge in [0.2, 0.25) is 0 Å². The number of hydrogen-bond acceptors (Lipinski definition) is 4. The summed E-state index contributed by atoms with van der Waals surface area (Å²) in [6.45, 7) is 2.52. The van der Waals surface area contributed by atoms with Gasteiger partial charge in [0.1, 0.15) is 5.75 Å². The number of nitrogens with two attached hydrogens (primary N) is 1. The molecule has 0 saturated heterocycles. The van der Waals surface area contributed by atoms with Crippen molar-refractivity contribution in [3.05, 3.63) is 35.4 Å². The Morgan fingerprint density at radius 3 is 2.62 bits per heavy atom. The topological polar surface area (TPSA) is 75.7 Å². The molecule has 0 aliphatic heterocycles. The number of fused-ring (bicyclic) bond motifs is 1. The quantitative estimate of drug-likeness (QED) is 0.576. The van der Waals surface area contributed by atoms with E-state index in [2.05, 4.69) is 19.1 Å². The molecule has 1 atom stereocenters. The van der Waals surface area contributed by atoms with Crippen LogP contribution in [-0.2, 0) is 6.42 Å². The van der Waals surface area contributed by atoms with Crippen LogP contribution in [0.4, 0.5) is 0 Å². The standard InChI is InChI=1S/C20H31NO3/c1-2-3-4-5-6-11-24-19-10-8-16-12-18(9-7-17(16)13-19)20(21,14-22)15-23/h7-10,13,18,22-23H,2-6,11-12,14-15,21H2,1H3. The second kappa shape index (κ2) is 9.21. The van der Waals surface area contributed by atoms with Crippen molar-refractivity contribution in [1.29, 1.82) is 0 Å². The van der Waals surface area contributed by atoms with Gasteiger partial charge in [-0.15, -0.1) is 0 Å². The molecule has 4 nitrogen and oxygen atoms in total. The summed E-state index contributed by atoms with van der Waals surface area (Å²) in [4.78, 5) is 0. The van der Waals surface area contributed by atoms with Crippen LogP contribution in [0.2, 0.25) is 0 Å². The van der Waals surface area contributed by atoms with E-state index in [1.807, 2.05) is 18.2 Å². The Kier molecular flexibility index (Phi) is 7.28. The molecule has 2 rings (SSSR count). The highest BCUT2D eigenvalue weighted by molar-refractivity contribution is 5.59.